The van der Waals surface area contributed by atoms with Gasteiger partial charge in [0.15, 0.2) is 16.5 Å². The Morgan fingerprint density at radius 3 is 2.63 bits per heavy atom. The van der Waals surface area contributed by atoms with Crippen molar-refractivity contribution in [3.8, 4) is 5.75 Å². The van der Waals surface area contributed by atoms with Crippen molar-refractivity contribution < 1.29 is 13.2 Å². The molecule has 0 aliphatic carbocycles. The number of rotatable bonds is 2. The SMILES string of the molecule is COc1cccc(N2c3ccc(Cl)cc3S(=O)(=O)c3c(N)nc(N)nc32)c1. The van der Waals surface area contributed by atoms with Gasteiger partial charge in [-0.15, -0.1) is 0 Å². The second kappa shape index (κ2) is 6.00. The van der Waals surface area contributed by atoms with Gasteiger partial charge >= 0.3 is 0 Å². The van der Waals surface area contributed by atoms with Crippen LogP contribution in [0.2, 0.25) is 5.02 Å². The van der Waals surface area contributed by atoms with Crippen LogP contribution in [0.4, 0.5) is 29.0 Å². The van der Waals surface area contributed by atoms with Crippen LogP contribution in [0.15, 0.2) is 52.3 Å². The molecule has 2 heterocycles. The Labute approximate surface area is 160 Å². The highest BCUT2D eigenvalue weighted by Crippen LogP contribution is 2.49. The van der Waals surface area contributed by atoms with Crippen LogP contribution in [-0.4, -0.2) is 25.5 Å². The van der Waals surface area contributed by atoms with E-state index < -0.39 is 9.84 Å². The van der Waals surface area contributed by atoms with Crippen molar-refractivity contribution >= 4 is 50.4 Å². The van der Waals surface area contributed by atoms with E-state index in [9.17, 15) is 8.42 Å². The zero-order chi connectivity index (χ0) is 19.3. The number of ether oxygens (including phenoxy) is 1. The fourth-order valence-electron chi connectivity index (χ4n) is 3.01. The highest BCUT2D eigenvalue weighted by molar-refractivity contribution is 7.92. The normalized spacial score (nSPS) is 14.4. The van der Waals surface area contributed by atoms with Gasteiger partial charge in [-0.2, -0.15) is 9.97 Å². The van der Waals surface area contributed by atoms with E-state index in [1.54, 1.807) is 48.4 Å². The molecule has 0 saturated heterocycles. The number of fused-ring (bicyclic) bond motifs is 2. The second-order valence-corrected chi connectivity index (χ2v) is 8.06. The number of hydrogen-bond donors (Lipinski definition) is 2. The Hall–Kier alpha value is -3.04. The number of benzene rings is 2. The van der Waals surface area contributed by atoms with Crippen LogP contribution in [0.5, 0.6) is 5.75 Å². The monoisotopic (exact) mass is 403 g/mol. The van der Waals surface area contributed by atoms with Crippen molar-refractivity contribution in [2.24, 2.45) is 0 Å². The molecule has 0 radical (unpaired) electrons. The number of nitrogens with two attached hydrogens (primary N) is 2. The van der Waals surface area contributed by atoms with Crippen LogP contribution in [0.3, 0.4) is 0 Å². The van der Waals surface area contributed by atoms with Crippen LogP contribution in [-0.2, 0) is 9.84 Å². The van der Waals surface area contributed by atoms with Gasteiger partial charge in [0.25, 0.3) is 0 Å². The molecule has 4 rings (SSSR count). The van der Waals surface area contributed by atoms with Crippen LogP contribution in [0, 0.1) is 0 Å². The van der Waals surface area contributed by atoms with E-state index in [-0.39, 0.29) is 32.4 Å². The number of methoxy groups -OCH3 is 1. The molecule has 0 unspecified atom stereocenters. The molecule has 1 aliphatic rings. The van der Waals surface area contributed by atoms with Crippen LogP contribution in [0.1, 0.15) is 0 Å². The van der Waals surface area contributed by atoms with Gasteiger partial charge in [-0.05, 0) is 30.3 Å². The Bertz CT molecular complexity index is 1180. The summed E-state index contributed by atoms with van der Waals surface area (Å²) < 4.78 is 31.6. The van der Waals surface area contributed by atoms with Crippen LogP contribution in [0.25, 0.3) is 0 Å². The lowest BCUT2D eigenvalue weighted by atomic mass is 10.2. The maximum absolute atomic E-state index is 13.2. The van der Waals surface area contributed by atoms with Crippen molar-refractivity contribution in [1.29, 1.82) is 0 Å². The molecule has 1 aliphatic heterocycles. The van der Waals surface area contributed by atoms with Crippen molar-refractivity contribution in [3.05, 3.63) is 47.5 Å². The summed E-state index contributed by atoms with van der Waals surface area (Å²) in [4.78, 5) is 9.41. The zero-order valence-electron chi connectivity index (χ0n) is 14.0. The molecule has 0 amide bonds. The second-order valence-electron chi connectivity index (χ2n) is 5.77. The first-order chi connectivity index (χ1) is 12.8. The molecule has 0 fully saturated rings. The molecule has 27 heavy (non-hydrogen) atoms. The number of aromatic nitrogens is 2. The molecule has 0 spiro atoms. The predicted octanol–water partition coefficient (Wildman–Crippen LogP) is 2.92. The molecule has 8 nitrogen and oxygen atoms in total. The van der Waals surface area contributed by atoms with E-state index in [2.05, 4.69) is 9.97 Å². The third-order valence-electron chi connectivity index (χ3n) is 4.14. The summed E-state index contributed by atoms with van der Waals surface area (Å²) in [5.74, 6) is 0.304. The van der Waals surface area contributed by atoms with E-state index >= 15 is 0 Å². The van der Waals surface area contributed by atoms with Gasteiger partial charge in [-0.1, -0.05) is 17.7 Å². The van der Waals surface area contributed by atoms with Gasteiger partial charge in [-0.25, -0.2) is 8.42 Å². The highest BCUT2D eigenvalue weighted by Gasteiger charge is 2.39. The smallest absolute Gasteiger partial charge is 0.224 e. The minimum Gasteiger partial charge on any atom is -0.497 e. The summed E-state index contributed by atoms with van der Waals surface area (Å²) in [6.45, 7) is 0. The quantitative estimate of drug-likeness (QED) is 0.523. The predicted molar refractivity (Wildman–Crippen MR) is 103 cm³/mol. The summed E-state index contributed by atoms with van der Waals surface area (Å²) in [6, 6.07) is 11.7. The Balaban J connectivity index is 2.11. The molecule has 1 aromatic heterocycles. The number of halogens is 1. The molecule has 0 atom stereocenters. The van der Waals surface area contributed by atoms with E-state index in [1.807, 2.05) is 0 Å². The summed E-state index contributed by atoms with van der Waals surface area (Å²) in [6.07, 6.45) is 0. The van der Waals surface area contributed by atoms with E-state index in [0.29, 0.717) is 17.1 Å². The van der Waals surface area contributed by atoms with Gasteiger partial charge in [0.05, 0.1) is 23.4 Å². The minimum absolute atomic E-state index is 0.00499. The van der Waals surface area contributed by atoms with Gasteiger partial charge in [0.1, 0.15) is 5.75 Å². The number of nitrogen functional groups attached to an aromatic ring is 2. The van der Waals surface area contributed by atoms with Gasteiger partial charge in [-0.3, -0.25) is 4.90 Å². The molecule has 10 heteroatoms. The topological polar surface area (TPSA) is 124 Å². The number of sulfone groups is 1. The molecule has 138 valence electrons. The van der Waals surface area contributed by atoms with Gasteiger partial charge < -0.3 is 16.2 Å². The van der Waals surface area contributed by atoms with Crippen LogP contribution < -0.4 is 21.1 Å². The van der Waals surface area contributed by atoms with E-state index in [4.69, 9.17) is 27.8 Å². The first-order valence-corrected chi connectivity index (χ1v) is 9.61. The standard InChI is InChI=1S/C17H14ClN5O3S/c1-26-11-4-2-3-10(8-11)23-12-6-5-9(18)7-13(12)27(24,25)14-15(19)21-17(20)22-16(14)23/h2-8H,1H3,(H4,19,20,21,22). The summed E-state index contributed by atoms with van der Waals surface area (Å²) in [5, 5.41) is 0.279. The molecule has 0 bridgehead atoms. The van der Waals surface area contributed by atoms with Crippen molar-refractivity contribution in [2.75, 3.05) is 23.5 Å². The van der Waals surface area contributed by atoms with Crippen molar-refractivity contribution in [2.45, 2.75) is 9.79 Å². The fourth-order valence-corrected chi connectivity index (χ4v) is 4.88. The lowest BCUT2D eigenvalue weighted by molar-refractivity contribution is 0.415. The lowest BCUT2D eigenvalue weighted by Gasteiger charge is -2.32. The summed E-state index contributed by atoms with van der Waals surface area (Å²) >= 11 is 6.05. The largest absolute Gasteiger partial charge is 0.497 e. The van der Waals surface area contributed by atoms with Crippen molar-refractivity contribution in [1.82, 2.24) is 9.97 Å². The first kappa shape index (κ1) is 17.4. The van der Waals surface area contributed by atoms with Crippen molar-refractivity contribution in [3.63, 3.8) is 0 Å². The van der Waals surface area contributed by atoms with Gasteiger partial charge in [0.2, 0.25) is 15.8 Å². The number of hydrogen-bond acceptors (Lipinski definition) is 8. The maximum Gasteiger partial charge on any atom is 0.224 e. The minimum atomic E-state index is -3.99. The summed E-state index contributed by atoms with van der Waals surface area (Å²) in [7, 11) is -2.45. The molecule has 2 aromatic carbocycles. The first-order valence-electron chi connectivity index (χ1n) is 7.74. The highest BCUT2D eigenvalue weighted by atomic mass is 35.5. The summed E-state index contributed by atoms with van der Waals surface area (Å²) in [5.41, 5.74) is 12.6. The Morgan fingerprint density at radius 1 is 1.11 bits per heavy atom. The molecule has 4 N–H and O–H groups in total. The van der Waals surface area contributed by atoms with E-state index in [0.717, 1.165) is 0 Å². The average molecular weight is 404 g/mol. The number of anilines is 5. The number of nitrogens with zero attached hydrogens (tertiary/aromatic N) is 3. The third-order valence-corrected chi connectivity index (χ3v) is 6.21. The maximum atomic E-state index is 13.2. The Morgan fingerprint density at radius 2 is 1.89 bits per heavy atom. The third kappa shape index (κ3) is 2.63. The molecular weight excluding hydrogens is 390 g/mol. The fraction of sp³-hybridized carbons (Fsp3) is 0.0588. The van der Waals surface area contributed by atoms with Gasteiger partial charge in [0, 0.05) is 11.1 Å². The molecule has 0 saturated carbocycles. The molecule has 3 aromatic rings. The van der Waals surface area contributed by atoms with E-state index in [1.165, 1.54) is 6.07 Å². The Kier molecular flexibility index (Phi) is 3.86. The molecular formula is C17H14ClN5O3S. The average Bonchev–Trinajstić information content (AvgIpc) is 2.62. The lowest BCUT2D eigenvalue weighted by Crippen LogP contribution is -2.25. The van der Waals surface area contributed by atoms with Crippen LogP contribution >= 0.6 is 11.6 Å². The zero-order valence-corrected chi connectivity index (χ0v) is 15.6.